The fourth-order valence-electron chi connectivity index (χ4n) is 0.571. The third-order valence-corrected chi connectivity index (χ3v) is 1.04. The van der Waals surface area contributed by atoms with E-state index in [-0.39, 0.29) is 6.61 Å². The van der Waals surface area contributed by atoms with Gasteiger partial charge in [0.05, 0.1) is 12.9 Å². The molecule has 9 heavy (non-hydrogen) atoms. The normalized spacial score (nSPS) is 13.6. The fourth-order valence-corrected chi connectivity index (χ4v) is 0.571. The van der Waals surface area contributed by atoms with Gasteiger partial charge in [0.15, 0.2) is 0 Å². The van der Waals surface area contributed by atoms with Crippen LogP contribution in [0.2, 0.25) is 0 Å². The molecule has 0 bridgehead atoms. The van der Waals surface area contributed by atoms with E-state index in [0.717, 1.165) is 0 Å². The summed E-state index contributed by atoms with van der Waals surface area (Å²) in [5, 5.41) is 17.3. The van der Waals surface area contributed by atoms with Crippen molar-refractivity contribution in [1.82, 2.24) is 0 Å². The number of furan rings is 1. The molecule has 1 atom stereocenters. The molecule has 0 fully saturated rings. The molecule has 0 saturated carbocycles. The van der Waals surface area contributed by atoms with E-state index in [1.54, 1.807) is 12.1 Å². The van der Waals surface area contributed by atoms with Crippen LogP contribution in [0.3, 0.4) is 0 Å². The average molecular weight is 128 g/mol. The Morgan fingerprint density at radius 2 is 2.44 bits per heavy atom. The van der Waals surface area contributed by atoms with E-state index in [0.29, 0.717) is 5.76 Å². The maximum Gasteiger partial charge on any atom is 0.135 e. The van der Waals surface area contributed by atoms with Crippen LogP contribution in [0.25, 0.3) is 0 Å². The quantitative estimate of drug-likeness (QED) is 0.602. The molecule has 0 spiro atoms. The molecule has 1 heterocycles. The van der Waals surface area contributed by atoms with Gasteiger partial charge in [-0.15, -0.1) is 0 Å². The van der Waals surface area contributed by atoms with Crippen LogP contribution in [0.5, 0.6) is 0 Å². The van der Waals surface area contributed by atoms with Gasteiger partial charge in [-0.1, -0.05) is 0 Å². The first-order valence-corrected chi connectivity index (χ1v) is 2.67. The first-order chi connectivity index (χ1) is 4.34. The van der Waals surface area contributed by atoms with Gasteiger partial charge in [-0.05, 0) is 12.1 Å². The largest absolute Gasteiger partial charge is 0.467 e. The first-order valence-electron chi connectivity index (χ1n) is 2.67. The molecule has 3 heteroatoms. The molecule has 1 aromatic heterocycles. The van der Waals surface area contributed by atoms with E-state index in [1.807, 2.05) is 0 Å². The topological polar surface area (TPSA) is 53.6 Å². The molecule has 0 saturated heterocycles. The second-order valence-corrected chi connectivity index (χ2v) is 1.71. The smallest absolute Gasteiger partial charge is 0.135 e. The van der Waals surface area contributed by atoms with Crippen molar-refractivity contribution >= 4 is 0 Å². The predicted molar refractivity (Wildman–Crippen MR) is 30.8 cm³/mol. The summed E-state index contributed by atoms with van der Waals surface area (Å²) in [4.78, 5) is 0. The van der Waals surface area contributed by atoms with Crippen molar-refractivity contribution in [2.75, 3.05) is 6.61 Å². The zero-order valence-corrected chi connectivity index (χ0v) is 4.82. The van der Waals surface area contributed by atoms with Gasteiger partial charge in [0, 0.05) is 0 Å². The number of aliphatic hydroxyl groups excluding tert-OH is 2. The van der Waals surface area contributed by atoms with Gasteiger partial charge in [-0.3, -0.25) is 0 Å². The van der Waals surface area contributed by atoms with Crippen molar-refractivity contribution in [2.45, 2.75) is 6.10 Å². The average Bonchev–Trinajstić information content (AvgIpc) is 2.37. The fraction of sp³-hybridized carbons (Fsp3) is 0.333. The summed E-state index contributed by atoms with van der Waals surface area (Å²) in [5.74, 6) is 0.400. The molecule has 1 rings (SSSR count). The Balaban J connectivity index is 2.65. The van der Waals surface area contributed by atoms with Crippen molar-refractivity contribution < 1.29 is 14.6 Å². The highest BCUT2D eigenvalue weighted by Crippen LogP contribution is 2.10. The molecule has 3 nitrogen and oxygen atoms in total. The van der Waals surface area contributed by atoms with Crippen molar-refractivity contribution in [2.24, 2.45) is 0 Å². The van der Waals surface area contributed by atoms with E-state index in [9.17, 15) is 0 Å². The minimum absolute atomic E-state index is 0.298. The monoisotopic (exact) mass is 128 g/mol. The van der Waals surface area contributed by atoms with Crippen molar-refractivity contribution in [1.29, 1.82) is 0 Å². The maximum absolute atomic E-state index is 8.87. The standard InChI is InChI=1S/C6H8O3/c7-4-5(8)6-2-1-3-9-6/h1-3,5,7-8H,4H2/t5-/m0/s1. The highest BCUT2D eigenvalue weighted by Gasteiger charge is 2.06. The van der Waals surface area contributed by atoms with Crippen LogP contribution in [0.15, 0.2) is 22.8 Å². The highest BCUT2D eigenvalue weighted by atomic mass is 16.4. The van der Waals surface area contributed by atoms with Gasteiger partial charge < -0.3 is 14.6 Å². The third-order valence-electron chi connectivity index (χ3n) is 1.04. The maximum atomic E-state index is 8.87. The van der Waals surface area contributed by atoms with Gasteiger partial charge in [0.25, 0.3) is 0 Å². The second kappa shape index (κ2) is 2.66. The molecular formula is C6H8O3. The Morgan fingerprint density at radius 1 is 1.67 bits per heavy atom. The molecule has 0 aliphatic rings. The zero-order chi connectivity index (χ0) is 6.69. The lowest BCUT2D eigenvalue weighted by Gasteiger charge is -1.99. The first kappa shape index (κ1) is 6.32. The molecule has 0 aliphatic heterocycles. The van der Waals surface area contributed by atoms with E-state index in [4.69, 9.17) is 14.6 Å². The molecule has 2 N–H and O–H groups in total. The zero-order valence-electron chi connectivity index (χ0n) is 4.82. The van der Waals surface area contributed by atoms with Gasteiger partial charge in [-0.25, -0.2) is 0 Å². The lowest BCUT2D eigenvalue weighted by molar-refractivity contribution is 0.0776. The van der Waals surface area contributed by atoms with E-state index < -0.39 is 6.10 Å². The summed E-state index contributed by atoms with van der Waals surface area (Å²) in [6, 6.07) is 3.27. The van der Waals surface area contributed by atoms with Gasteiger partial charge in [0.2, 0.25) is 0 Å². The highest BCUT2D eigenvalue weighted by molar-refractivity contribution is 5.01. The van der Waals surface area contributed by atoms with Crippen LogP contribution in [0, 0.1) is 0 Å². The van der Waals surface area contributed by atoms with E-state index in [2.05, 4.69) is 0 Å². The number of aliphatic hydroxyl groups is 2. The van der Waals surface area contributed by atoms with Gasteiger partial charge in [-0.2, -0.15) is 0 Å². The summed E-state index contributed by atoms with van der Waals surface area (Å²) in [7, 11) is 0. The van der Waals surface area contributed by atoms with Gasteiger partial charge in [0.1, 0.15) is 11.9 Å². The van der Waals surface area contributed by atoms with E-state index in [1.165, 1.54) is 6.26 Å². The molecule has 0 amide bonds. The molecule has 50 valence electrons. The molecule has 0 unspecified atom stereocenters. The summed E-state index contributed by atoms with van der Waals surface area (Å²) >= 11 is 0. The predicted octanol–water partition coefficient (Wildman–Crippen LogP) is 0.305. The van der Waals surface area contributed by atoms with Gasteiger partial charge >= 0.3 is 0 Å². The van der Waals surface area contributed by atoms with Crippen molar-refractivity contribution in [3.63, 3.8) is 0 Å². The third kappa shape index (κ3) is 1.31. The molecule has 0 aromatic carbocycles. The van der Waals surface area contributed by atoms with Crippen LogP contribution in [-0.2, 0) is 0 Å². The Bertz CT molecular complexity index is 157. The minimum Gasteiger partial charge on any atom is -0.467 e. The molecule has 0 aliphatic carbocycles. The van der Waals surface area contributed by atoms with Crippen LogP contribution in [0.4, 0.5) is 0 Å². The van der Waals surface area contributed by atoms with Crippen LogP contribution in [0.1, 0.15) is 11.9 Å². The van der Waals surface area contributed by atoms with Crippen LogP contribution in [-0.4, -0.2) is 16.8 Å². The van der Waals surface area contributed by atoms with E-state index >= 15 is 0 Å². The van der Waals surface area contributed by atoms with Crippen LogP contribution < -0.4 is 0 Å². The second-order valence-electron chi connectivity index (χ2n) is 1.71. The summed E-state index contributed by atoms with van der Waals surface area (Å²) in [6.45, 7) is -0.298. The molecule has 1 aromatic rings. The van der Waals surface area contributed by atoms with Crippen molar-refractivity contribution in [3.8, 4) is 0 Å². The number of rotatable bonds is 2. The number of hydrogen-bond donors (Lipinski definition) is 2. The van der Waals surface area contributed by atoms with Crippen LogP contribution >= 0.6 is 0 Å². The number of hydrogen-bond acceptors (Lipinski definition) is 3. The SMILES string of the molecule is OC[C@H](O)c1ccco1. The lowest BCUT2D eigenvalue weighted by atomic mass is 10.3. The summed E-state index contributed by atoms with van der Waals surface area (Å²) in [6.07, 6.45) is 0.578. The van der Waals surface area contributed by atoms with Crippen molar-refractivity contribution in [3.05, 3.63) is 24.2 Å². The Morgan fingerprint density at radius 3 is 2.89 bits per heavy atom. The molecular weight excluding hydrogens is 120 g/mol. The Labute approximate surface area is 52.5 Å². The summed E-state index contributed by atoms with van der Waals surface area (Å²) in [5.41, 5.74) is 0. The summed E-state index contributed by atoms with van der Waals surface area (Å²) < 4.78 is 4.78. The molecule has 0 radical (unpaired) electrons. The Kier molecular flexibility index (Phi) is 1.87. The lowest BCUT2D eigenvalue weighted by Crippen LogP contribution is -1.99. The Hall–Kier alpha value is -0.800. The minimum atomic E-state index is -0.875.